The second-order valence-electron chi connectivity index (χ2n) is 9.86. The zero-order chi connectivity index (χ0) is 23.7. The molecule has 0 aliphatic carbocycles. The summed E-state index contributed by atoms with van der Waals surface area (Å²) < 4.78 is 0. The minimum atomic E-state index is -0.447. The van der Waals surface area contributed by atoms with Gasteiger partial charge in [-0.15, -0.1) is 0 Å². The maximum atomic E-state index is 13.3. The summed E-state index contributed by atoms with van der Waals surface area (Å²) >= 11 is 0. The Labute approximate surface area is 194 Å². The van der Waals surface area contributed by atoms with Crippen LogP contribution in [0.25, 0.3) is 0 Å². The smallest absolute Gasteiger partial charge is 0.242 e. The molecule has 1 unspecified atom stereocenters. The van der Waals surface area contributed by atoms with Crippen molar-refractivity contribution in [2.24, 2.45) is 0 Å². The number of rotatable bonds is 10. The first-order valence-electron chi connectivity index (χ1n) is 11.8. The van der Waals surface area contributed by atoms with Crippen molar-refractivity contribution in [3.05, 3.63) is 71.3 Å². The molecule has 0 spiro atoms. The van der Waals surface area contributed by atoms with E-state index in [0.29, 0.717) is 25.8 Å². The van der Waals surface area contributed by atoms with Crippen LogP contribution in [-0.2, 0) is 27.8 Å². The first-order valence-corrected chi connectivity index (χ1v) is 11.8. The third-order valence-electron chi connectivity index (χ3n) is 5.75. The summed E-state index contributed by atoms with van der Waals surface area (Å²) in [7, 11) is 0. The summed E-state index contributed by atoms with van der Waals surface area (Å²) in [5.41, 5.74) is 3.71. The number of hydrogen-bond donors (Lipinski definition) is 1. The van der Waals surface area contributed by atoms with Gasteiger partial charge in [-0.3, -0.25) is 9.59 Å². The van der Waals surface area contributed by atoms with Crippen LogP contribution >= 0.6 is 0 Å². The van der Waals surface area contributed by atoms with Crippen molar-refractivity contribution in [2.45, 2.75) is 84.7 Å². The lowest BCUT2D eigenvalue weighted by Gasteiger charge is -2.31. The third-order valence-corrected chi connectivity index (χ3v) is 5.75. The number of carbonyl (C=O) groups is 2. The molecule has 2 aromatic rings. The van der Waals surface area contributed by atoms with Crippen LogP contribution in [0, 0.1) is 0 Å². The average Bonchev–Trinajstić information content (AvgIpc) is 2.74. The molecule has 1 N–H and O–H groups in total. The molecule has 0 aliphatic rings. The van der Waals surface area contributed by atoms with Gasteiger partial charge in [0.25, 0.3) is 0 Å². The van der Waals surface area contributed by atoms with E-state index >= 15 is 0 Å². The SMILES string of the molecule is CCC(C(=O)NC(C)C)N(CCc1ccccc1)C(=O)CCc1ccc(C(C)(C)C)cc1. The molecule has 2 amide bonds. The van der Waals surface area contributed by atoms with Gasteiger partial charge in [-0.25, -0.2) is 0 Å². The zero-order valence-electron chi connectivity index (χ0n) is 20.7. The Morgan fingerprint density at radius 3 is 2.03 bits per heavy atom. The fourth-order valence-electron chi connectivity index (χ4n) is 3.84. The molecule has 0 saturated heterocycles. The molecule has 1 atom stereocenters. The lowest BCUT2D eigenvalue weighted by molar-refractivity contribution is -0.140. The molecule has 0 saturated carbocycles. The van der Waals surface area contributed by atoms with Crippen molar-refractivity contribution >= 4 is 11.8 Å². The fraction of sp³-hybridized carbons (Fsp3) is 0.500. The minimum absolute atomic E-state index is 0.0339. The van der Waals surface area contributed by atoms with Gasteiger partial charge in [0.15, 0.2) is 0 Å². The molecule has 0 heterocycles. The van der Waals surface area contributed by atoms with E-state index in [-0.39, 0.29) is 23.3 Å². The van der Waals surface area contributed by atoms with Crippen LogP contribution in [0.1, 0.15) is 71.1 Å². The van der Waals surface area contributed by atoms with Gasteiger partial charge in [-0.1, -0.05) is 82.3 Å². The summed E-state index contributed by atoms with van der Waals surface area (Å²) in [4.78, 5) is 27.9. The molecule has 2 aromatic carbocycles. The summed E-state index contributed by atoms with van der Waals surface area (Å²) in [5, 5.41) is 2.99. The molecule has 2 rings (SSSR count). The van der Waals surface area contributed by atoms with E-state index in [2.05, 4.69) is 62.5 Å². The standard InChI is InChI=1S/C28H40N2O2/c1-7-25(27(32)29-21(2)3)30(20-19-22-11-9-8-10-12-22)26(31)18-15-23-13-16-24(17-14-23)28(4,5)6/h8-14,16-17,21,25H,7,15,18-20H2,1-6H3,(H,29,32). The van der Waals surface area contributed by atoms with E-state index in [0.717, 1.165) is 12.0 Å². The second kappa shape index (κ2) is 11.8. The van der Waals surface area contributed by atoms with Gasteiger partial charge < -0.3 is 10.2 Å². The lowest BCUT2D eigenvalue weighted by Crippen LogP contribution is -2.51. The van der Waals surface area contributed by atoms with Gasteiger partial charge in [0.05, 0.1) is 0 Å². The summed E-state index contributed by atoms with van der Waals surface area (Å²) in [6, 6.07) is 18.3. The zero-order valence-corrected chi connectivity index (χ0v) is 20.7. The largest absolute Gasteiger partial charge is 0.352 e. The van der Waals surface area contributed by atoms with Gasteiger partial charge in [-0.2, -0.15) is 0 Å². The number of benzene rings is 2. The highest BCUT2D eigenvalue weighted by molar-refractivity contribution is 5.87. The molecule has 0 aromatic heterocycles. The topological polar surface area (TPSA) is 49.4 Å². The maximum Gasteiger partial charge on any atom is 0.242 e. The molecule has 0 fully saturated rings. The summed E-state index contributed by atoms with van der Waals surface area (Å²) in [6.07, 6.45) is 2.40. The Balaban J connectivity index is 2.11. The summed E-state index contributed by atoms with van der Waals surface area (Å²) in [6.45, 7) is 13.0. The molecule has 174 valence electrons. The predicted molar refractivity (Wildman–Crippen MR) is 133 cm³/mol. The highest BCUT2D eigenvalue weighted by Crippen LogP contribution is 2.22. The number of nitrogens with one attached hydrogen (secondary N) is 1. The molecular formula is C28H40N2O2. The van der Waals surface area contributed by atoms with Crippen LogP contribution in [0.15, 0.2) is 54.6 Å². The number of aryl methyl sites for hydroxylation is 1. The van der Waals surface area contributed by atoms with Crippen LogP contribution in [0.3, 0.4) is 0 Å². The highest BCUT2D eigenvalue weighted by Gasteiger charge is 2.28. The van der Waals surface area contributed by atoms with E-state index in [9.17, 15) is 9.59 Å². The summed E-state index contributed by atoms with van der Waals surface area (Å²) in [5.74, 6) is -0.0370. The molecule has 0 radical (unpaired) electrons. The van der Waals surface area contributed by atoms with Gasteiger partial charge in [-0.05, 0) is 55.2 Å². The molecule has 0 bridgehead atoms. The Morgan fingerprint density at radius 1 is 0.906 bits per heavy atom. The van der Waals surface area contributed by atoms with Crippen LogP contribution in [0.4, 0.5) is 0 Å². The van der Waals surface area contributed by atoms with Crippen molar-refractivity contribution in [1.82, 2.24) is 10.2 Å². The molecule has 4 nitrogen and oxygen atoms in total. The fourth-order valence-corrected chi connectivity index (χ4v) is 3.84. The van der Waals surface area contributed by atoms with E-state index in [1.165, 1.54) is 11.1 Å². The van der Waals surface area contributed by atoms with Crippen LogP contribution < -0.4 is 5.32 Å². The first-order chi connectivity index (χ1) is 15.1. The molecule has 4 heteroatoms. The first kappa shape index (κ1) is 25.6. The predicted octanol–water partition coefficient (Wildman–Crippen LogP) is 5.29. The highest BCUT2D eigenvalue weighted by atomic mass is 16.2. The van der Waals surface area contributed by atoms with Crippen molar-refractivity contribution in [1.29, 1.82) is 0 Å². The van der Waals surface area contributed by atoms with E-state index in [1.807, 2.05) is 39.0 Å². The number of hydrogen-bond acceptors (Lipinski definition) is 2. The van der Waals surface area contributed by atoms with Crippen LogP contribution in [0.2, 0.25) is 0 Å². The Bertz CT molecular complexity index is 851. The van der Waals surface area contributed by atoms with Crippen molar-refractivity contribution in [3.8, 4) is 0 Å². The molecular weight excluding hydrogens is 396 g/mol. The van der Waals surface area contributed by atoms with Gasteiger partial charge >= 0.3 is 0 Å². The maximum absolute atomic E-state index is 13.3. The Kier molecular flexibility index (Phi) is 9.49. The van der Waals surface area contributed by atoms with E-state index in [4.69, 9.17) is 0 Å². The van der Waals surface area contributed by atoms with Gasteiger partial charge in [0.2, 0.25) is 11.8 Å². The van der Waals surface area contributed by atoms with E-state index in [1.54, 1.807) is 4.90 Å². The van der Waals surface area contributed by atoms with Crippen molar-refractivity contribution < 1.29 is 9.59 Å². The second-order valence-corrected chi connectivity index (χ2v) is 9.86. The number of carbonyl (C=O) groups excluding carboxylic acids is 2. The van der Waals surface area contributed by atoms with Crippen LogP contribution in [0.5, 0.6) is 0 Å². The average molecular weight is 437 g/mol. The molecule has 0 aliphatic heterocycles. The monoisotopic (exact) mass is 436 g/mol. The third kappa shape index (κ3) is 7.81. The van der Waals surface area contributed by atoms with Crippen molar-refractivity contribution in [3.63, 3.8) is 0 Å². The number of amides is 2. The Morgan fingerprint density at radius 2 is 1.50 bits per heavy atom. The van der Waals surface area contributed by atoms with Crippen LogP contribution in [-0.4, -0.2) is 35.3 Å². The molecule has 32 heavy (non-hydrogen) atoms. The lowest BCUT2D eigenvalue weighted by atomic mass is 9.86. The van der Waals surface area contributed by atoms with E-state index < -0.39 is 6.04 Å². The van der Waals surface area contributed by atoms with Gasteiger partial charge in [0, 0.05) is 19.0 Å². The van der Waals surface area contributed by atoms with Gasteiger partial charge in [0.1, 0.15) is 6.04 Å². The quantitative estimate of drug-likeness (QED) is 0.550. The number of nitrogens with zero attached hydrogens (tertiary/aromatic N) is 1. The Hall–Kier alpha value is -2.62. The normalized spacial score (nSPS) is 12.5. The van der Waals surface area contributed by atoms with Crippen molar-refractivity contribution in [2.75, 3.05) is 6.54 Å². The minimum Gasteiger partial charge on any atom is -0.352 e.